The van der Waals surface area contributed by atoms with Gasteiger partial charge in [0.1, 0.15) is 11.9 Å². The van der Waals surface area contributed by atoms with E-state index in [1.807, 2.05) is 12.1 Å². The number of nitrogens with zero attached hydrogens (tertiary/aromatic N) is 1. The molecule has 2 fully saturated rings. The average molecular weight is 349 g/mol. The van der Waals surface area contributed by atoms with Gasteiger partial charge in [0.15, 0.2) is 5.79 Å². The number of hydrogen-bond donors (Lipinski definition) is 1. The van der Waals surface area contributed by atoms with Crippen molar-refractivity contribution in [1.29, 1.82) is 0 Å². The van der Waals surface area contributed by atoms with Crippen LogP contribution < -0.4 is 0 Å². The molecule has 140 valence electrons. The minimum absolute atomic E-state index is 0.0568. The van der Waals surface area contributed by atoms with Crippen molar-refractivity contribution in [3.63, 3.8) is 0 Å². The third-order valence-corrected chi connectivity index (χ3v) is 5.19. The van der Waals surface area contributed by atoms with E-state index in [-0.39, 0.29) is 22.9 Å². The number of benzene rings is 1. The van der Waals surface area contributed by atoms with Crippen molar-refractivity contribution < 1.29 is 19.4 Å². The molecule has 1 aromatic carbocycles. The summed E-state index contributed by atoms with van der Waals surface area (Å²) >= 11 is 0. The number of phenols is 1. The average Bonchev–Trinajstić information content (AvgIpc) is 2.94. The Bertz CT molecular complexity index is 570. The third kappa shape index (κ3) is 3.70. The highest BCUT2D eigenvalue weighted by Gasteiger charge is 2.56. The number of hydrogen-bond acceptors (Lipinski definition) is 5. The van der Waals surface area contributed by atoms with Crippen LogP contribution in [0.25, 0.3) is 0 Å². The van der Waals surface area contributed by atoms with E-state index in [0.29, 0.717) is 13.2 Å². The fourth-order valence-electron chi connectivity index (χ4n) is 4.52. The maximum absolute atomic E-state index is 9.54. The monoisotopic (exact) mass is 349 g/mol. The summed E-state index contributed by atoms with van der Waals surface area (Å²) in [5.41, 5.74) is 0.618. The first kappa shape index (κ1) is 18.6. The maximum atomic E-state index is 9.54. The predicted molar refractivity (Wildman–Crippen MR) is 96.1 cm³/mol. The van der Waals surface area contributed by atoms with Crippen molar-refractivity contribution in [3.8, 4) is 5.75 Å². The lowest BCUT2D eigenvalue weighted by Gasteiger charge is -2.56. The second-order valence-electron chi connectivity index (χ2n) is 8.47. The van der Waals surface area contributed by atoms with Crippen molar-refractivity contribution in [2.24, 2.45) is 0 Å². The smallest absolute Gasteiger partial charge is 0.172 e. The summed E-state index contributed by atoms with van der Waals surface area (Å²) in [6.45, 7) is 12.2. The van der Waals surface area contributed by atoms with Gasteiger partial charge < -0.3 is 14.6 Å². The molecule has 1 N–H and O–H groups in total. The Labute approximate surface area is 150 Å². The van der Waals surface area contributed by atoms with E-state index < -0.39 is 5.79 Å². The van der Waals surface area contributed by atoms with Gasteiger partial charge in [-0.3, -0.25) is 4.84 Å². The van der Waals surface area contributed by atoms with Gasteiger partial charge in [0.2, 0.25) is 0 Å². The minimum Gasteiger partial charge on any atom is -0.508 e. The SMILES string of the molecule is CCC(ON1C(C)(C)CC2(CC1(C)C)OCCO2)c1ccc(O)cc1. The molecule has 2 aliphatic heterocycles. The Morgan fingerprint density at radius 3 is 2.04 bits per heavy atom. The molecule has 0 radical (unpaired) electrons. The highest BCUT2D eigenvalue weighted by atomic mass is 16.7. The molecule has 0 aromatic heterocycles. The van der Waals surface area contributed by atoms with E-state index >= 15 is 0 Å². The molecule has 3 rings (SSSR count). The first-order valence-corrected chi connectivity index (χ1v) is 9.21. The quantitative estimate of drug-likeness (QED) is 0.884. The van der Waals surface area contributed by atoms with Gasteiger partial charge in [0, 0.05) is 23.9 Å². The number of aromatic hydroxyl groups is 1. The van der Waals surface area contributed by atoms with Gasteiger partial charge in [0.05, 0.1) is 13.2 Å². The highest BCUT2D eigenvalue weighted by molar-refractivity contribution is 5.27. The molecule has 2 saturated heterocycles. The summed E-state index contributed by atoms with van der Waals surface area (Å²) in [6.07, 6.45) is 2.34. The molecule has 1 aromatic rings. The van der Waals surface area contributed by atoms with Gasteiger partial charge in [-0.2, -0.15) is 5.06 Å². The minimum atomic E-state index is -0.493. The summed E-state index contributed by atoms with van der Waals surface area (Å²) in [6, 6.07) is 7.28. The summed E-state index contributed by atoms with van der Waals surface area (Å²) < 4.78 is 12.0. The molecule has 0 amide bonds. The van der Waals surface area contributed by atoms with Gasteiger partial charge in [-0.05, 0) is 51.8 Å². The molecular formula is C20H31NO4. The molecule has 0 aliphatic carbocycles. The fourth-order valence-corrected chi connectivity index (χ4v) is 4.52. The second-order valence-corrected chi connectivity index (χ2v) is 8.47. The van der Waals surface area contributed by atoms with E-state index in [0.717, 1.165) is 24.8 Å². The first-order chi connectivity index (χ1) is 11.7. The molecule has 25 heavy (non-hydrogen) atoms. The van der Waals surface area contributed by atoms with Crippen molar-refractivity contribution in [2.75, 3.05) is 13.2 Å². The highest BCUT2D eigenvalue weighted by Crippen LogP contribution is 2.48. The number of rotatable bonds is 4. The van der Waals surface area contributed by atoms with E-state index in [9.17, 15) is 5.11 Å². The van der Waals surface area contributed by atoms with Crippen LogP contribution in [0.5, 0.6) is 5.75 Å². The van der Waals surface area contributed by atoms with Crippen LogP contribution in [0, 0.1) is 0 Å². The van der Waals surface area contributed by atoms with Crippen LogP contribution >= 0.6 is 0 Å². The van der Waals surface area contributed by atoms with Gasteiger partial charge in [-0.1, -0.05) is 19.1 Å². The molecule has 2 aliphatic rings. The Kier molecular flexibility index (Phi) is 4.88. The van der Waals surface area contributed by atoms with E-state index in [4.69, 9.17) is 14.3 Å². The molecule has 0 bridgehead atoms. The predicted octanol–water partition coefficient (Wildman–Crippen LogP) is 4.17. The third-order valence-electron chi connectivity index (χ3n) is 5.19. The molecule has 2 heterocycles. The summed E-state index contributed by atoms with van der Waals surface area (Å²) in [4.78, 5) is 6.54. The first-order valence-electron chi connectivity index (χ1n) is 9.21. The van der Waals surface area contributed by atoms with Gasteiger partial charge in [-0.25, -0.2) is 0 Å². The van der Waals surface area contributed by atoms with Crippen LogP contribution in [0.2, 0.25) is 0 Å². The van der Waals surface area contributed by atoms with Gasteiger partial charge >= 0.3 is 0 Å². The van der Waals surface area contributed by atoms with Crippen LogP contribution in [0.1, 0.15) is 65.5 Å². The lowest BCUT2D eigenvalue weighted by molar-refractivity contribution is -0.351. The molecule has 5 nitrogen and oxygen atoms in total. The van der Waals surface area contributed by atoms with Crippen LogP contribution in [0.15, 0.2) is 24.3 Å². The Hall–Kier alpha value is -1.14. The van der Waals surface area contributed by atoms with Crippen LogP contribution in [0.4, 0.5) is 0 Å². The van der Waals surface area contributed by atoms with E-state index in [1.165, 1.54) is 0 Å². The Balaban J connectivity index is 1.83. The molecular weight excluding hydrogens is 318 g/mol. The zero-order chi connectivity index (χ0) is 18.3. The van der Waals surface area contributed by atoms with Crippen molar-refractivity contribution in [1.82, 2.24) is 5.06 Å². The summed E-state index contributed by atoms with van der Waals surface area (Å²) in [5.74, 6) is -0.220. The summed E-state index contributed by atoms with van der Waals surface area (Å²) in [7, 11) is 0. The number of ether oxygens (including phenoxy) is 2. The van der Waals surface area contributed by atoms with Crippen molar-refractivity contribution in [2.45, 2.75) is 76.9 Å². The largest absolute Gasteiger partial charge is 0.508 e. The lowest BCUT2D eigenvalue weighted by atomic mass is 9.78. The van der Waals surface area contributed by atoms with Crippen LogP contribution in [-0.2, 0) is 14.3 Å². The van der Waals surface area contributed by atoms with Crippen LogP contribution in [-0.4, -0.2) is 40.2 Å². The lowest BCUT2D eigenvalue weighted by Crippen LogP contribution is -2.65. The Morgan fingerprint density at radius 1 is 1.04 bits per heavy atom. The topological polar surface area (TPSA) is 51.2 Å². The normalized spacial score (nSPS) is 26.0. The van der Waals surface area contributed by atoms with Gasteiger partial charge in [-0.15, -0.1) is 0 Å². The summed E-state index contributed by atoms with van der Waals surface area (Å²) in [5, 5.41) is 11.7. The number of piperidine rings is 1. The Morgan fingerprint density at radius 2 is 1.56 bits per heavy atom. The number of hydroxylamine groups is 2. The zero-order valence-corrected chi connectivity index (χ0v) is 16.0. The zero-order valence-electron chi connectivity index (χ0n) is 16.0. The fraction of sp³-hybridized carbons (Fsp3) is 0.700. The van der Waals surface area contributed by atoms with Crippen molar-refractivity contribution >= 4 is 0 Å². The molecule has 1 atom stereocenters. The van der Waals surface area contributed by atoms with E-state index in [1.54, 1.807) is 12.1 Å². The maximum Gasteiger partial charge on any atom is 0.172 e. The molecule has 5 heteroatoms. The van der Waals surface area contributed by atoms with Crippen LogP contribution in [0.3, 0.4) is 0 Å². The molecule has 1 spiro atoms. The van der Waals surface area contributed by atoms with Gasteiger partial charge in [0.25, 0.3) is 0 Å². The van der Waals surface area contributed by atoms with E-state index in [2.05, 4.69) is 39.7 Å². The second kappa shape index (κ2) is 6.54. The molecule has 0 saturated carbocycles. The number of phenolic OH excluding ortho intramolecular Hbond substituents is 1. The standard InChI is InChI=1S/C20H31NO4/c1-6-17(15-7-9-16(22)10-8-15)25-21-18(2,3)13-20(14-19(21,4)5)23-11-12-24-20/h7-10,17,22H,6,11-14H2,1-5H3. The molecule has 1 unspecified atom stereocenters. The van der Waals surface area contributed by atoms with Crippen molar-refractivity contribution in [3.05, 3.63) is 29.8 Å².